The lowest BCUT2D eigenvalue weighted by Crippen LogP contribution is -2.20. The van der Waals surface area contributed by atoms with E-state index in [0.29, 0.717) is 60.2 Å². The SMILES string of the molecule is CC(C)N.CC(C)n1cnnn1.CC(C)n1nnnc1-c1cccc(N)n1.CCOC(OCC)OCC.Nc1cccc(Cl)n1. The van der Waals surface area contributed by atoms with Crippen molar-refractivity contribution in [3.8, 4) is 11.5 Å². The van der Waals surface area contributed by atoms with Crippen LogP contribution in [0.1, 0.15) is 74.4 Å². The number of nitrogen functional groups attached to an aromatic ring is 2. The molecular formula is C28H50ClN13O3. The number of anilines is 2. The van der Waals surface area contributed by atoms with Crippen molar-refractivity contribution in [1.82, 2.24) is 50.4 Å². The summed E-state index contributed by atoms with van der Waals surface area (Å²) in [6.45, 7) is 19.0. The van der Waals surface area contributed by atoms with Crippen molar-refractivity contribution in [1.29, 1.82) is 0 Å². The zero-order chi connectivity index (χ0) is 34.2. The molecule has 0 radical (unpaired) electrons. The van der Waals surface area contributed by atoms with Crippen LogP contribution in [0.2, 0.25) is 5.15 Å². The largest absolute Gasteiger partial charge is 0.384 e. The first-order valence-corrected chi connectivity index (χ1v) is 14.9. The Kier molecular flexibility index (Phi) is 22.4. The Morgan fingerprint density at radius 1 is 0.756 bits per heavy atom. The Morgan fingerprint density at radius 3 is 1.64 bits per heavy atom. The monoisotopic (exact) mass is 651 g/mol. The van der Waals surface area contributed by atoms with Gasteiger partial charge in [0, 0.05) is 25.9 Å². The van der Waals surface area contributed by atoms with Crippen LogP contribution < -0.4 is 17.2 Å². The van der Waals surface area contributed by atoms with Gasteiger partial charge in [-0.1, -0.05) is 37.6 Å². The van der Waals surface area contributed by atoms with Gasteiger partial charge in [-0.05, 0) is 99.6 Å². The van der Waals surface area contributed by atoms with Gasteiger partial charge in [-0.25, -0.2) is 19.3 Å². The summed E-state index contributed by atoms with van der Waals surface area (Å²) in [6, 6.07) is 11.4. The van der Waals surface area contributed by atoms with Gasteiger partial charge in [0.1, 0.15) is 28.8 Å². The number of halogens is 1. The minimum Gasteiger partial charge on any atom is -0.384 e. The number of pyridine rings is 2. The molecule has 0 spiro atoms. The highest BCUT2D eigenvalue weighted by molar-refractivity contribution is 6.29. The van der Waals surface area contributed by atoms with Crippen molar-refractivity contribution < 1.29 is 14.2 Å². The predicted molar refractivity (Wildman–Crippen MR) is 176 cm³/mol. The summed E-state index contributed by atoms with van der Waals surface area (Å²) in [6.07, 6.45) is 1.60. The van der Waals surface area contributed by atoms with Crippen molar-refractivity contribution in [3.05, 3.63) is 47.9 Å². The molecule has 4 heterocycles. The molecule has 0 fully saturated rings. The molecule has 0 bridgehead atoms. The number of tetrazole rings is 2. The number of nitrogens with two attached hydrogens (primary N) is 3. The predicted octanol–water partition coefficient (Wildman–Crippen LogP) is 4.20. The minimum atomic E-state index is -0.472. The van der Waals surface area contributed by atoms with Crippen LogP contribution in [0.15, 0.2) is 42.7 Å². The number of hydrogen-bond acceptors (Lipinski definition) is 14. The molecule has 16 nitrogen and oxygen atoms in total. The third-order valence-electron chi connectivity index (χ3n) is 4.52. The average Bonchev–Trinajstić information content (AvgIpc) is 3.68. The average molecular weight is 652 g/mol. The van der Waals surface area contributed by atoms with E-state index in [9.17, 15) is 0 Å². The van der Waals surface area contributed by atoms with E-state index < -0.39 is 6.48 Å². The van der Waals surface area contributed by atoms with Crippen LogP contribution in [-0.2, 0) is 14.2 Å². The highest BCUT2D eigenvalue weighted by atomic mass is 35.5. The molecule has 4 aromatic heterocycles. The number of hydrogen-bond donors (Lipinski definition) is 3. The van der Waals surface area contributed by atoms with Crippen molar-refractivity contribution in [3.63, 3.8) is 0 Å². The summed E-state index contributed by atoms with van der Waals surface area (Å²) in [5, 5.41) is 22.5. The molecule has 0 aliphatic rings. The van der Waals surface area contributed by atoms with Crippen LogP contribution in [0, 0.1) is 0 Å². The maximum atomic E-state index is 5.60. The van der Waals surface area contributed by atoms with Crippen molar-refractivity contribution in [2.75, 3.05) is 31.3 Å². The normalized spacial score (nSPS) is 10.3. The van der Waals surface area contributed by atoms with Crippen molar-refractivity contribution >= 4 is 23.2 Å². The summed E-state index contributed by atoms with van der Waals surface area (Å²) >= 11 is 5.45. The molecule has 0 saturated carbocycles. The minimum absolute atomic E-state index is 0.193. The molecule has 0 saturated heterocycles. The molecular weight excluding hydrogens is 602 g/mol. The molecule has 0 amide bonds. The second kappa shape index (κ2) is 24.5. The fourth-order valence-corrected chi connectivity index (χ4v) is 2.84. The van der Waals surface area contributed by atoms with Gasteiger partial charge in [0.25, 0.3) is 6.48 Å². The first-order chi connectivity index (χ1) is 21.4. The zero-order valence-electron chi connectivity index (χ0n) is 27.8. The van der Waals surface area contributed by atoms with Gasteiger partial charge in [0.15, 0.2) is 0 Å². The molecule has 252 valence electrons. The number of aromatic nitrogens is 10. The first-order valence-electron chi connectivity index (χ1n) is 14.6. The van der Waals surface area contributed by atoms with Crippen molar-refractivity contribution in [2.24, 2.45) is 5.73 Å². The van der Waals surface area contributed by atoms with Crippen LogP contribution >= 0.6 is 11.6 Å². The Morgan fingerprint density at radius 2 is 1.29 bits per heavy atom. The van der Waals surface area contributed by atoms with E-state index in [0.717, 1.165) is 0 Å². The van der Waals surface area contributed by atoms with Crippen LogP contribution in [0.3, 0.4) is 0 Å². The first kappa shape index (κ1) is 41.2. The second-order valence-corrected chi connectivity index (χ2v) is 10.0. The van der Waals surface area contributed by atoms with E-state index in [1.807, 2.05) is 74.4 Å². The lowest BCUT2D eigenvalue weighted by Gasteiger charge is -2.15. The second-order valence-electron chi connectivity index (χ2n) is 9.66. The summed E-state index contributed by atoms with van der Waals surface area (Å²) in [7, 11) is 0. The van der Waals surface area contributed by atoms with Crippen LogP contribution in [-0.4, -0.2) is 82.7 Å². The standard InChI is InChI=1S/C9H12N6.C7H16O3.C5H5ClN2.C4H8N4.C3H9N/c1-6(2)15-9(12-13-14-15)7-4-3-5-8(10)11-7;1-4-8-7(9-5-2)10-6-3;6-4-2-1-3-5(7)8-4;1-4(2)8-3-5-6-7-8;1-3(2)4/h3-6H,1-2H3,(H2,10,11);7H,4-6H2,1-3H3;1-3H,(H2,7,8);3-4H,1-2H3;3H,4H2,1-2H3. The summed E-state index contributed by atoms with van der Waals surface area (Å²) in [5.41, 5.74) is 16.7. The third kappa shape index (κ3) is 19.9. The van der Waals surface area contributed by atoms with Gasteiger partial charge in [-0.2, -0.15) is 0 Å². The van der Waals surface area contributed by atoms with Crippen molar-refractivity contribution in [2.45, 2.75) is 86.9 Å². The molecule has 6 N–H and O–H groups in total. The topological polar surface area (TPSA) is 219 Å². The molecule has 0 aromatic carbocycles. The smallest absolute Gasteiger partial charge is 0.271 e. The highest BCUT2D eigenvalue weighted by Gasteiger charge is 2.12. The molecule has 0 atom stereocenters. The molecule has 4 rings (SSSR count). The van der Waals surface area contributed by atoms with Gasteiger partial charge >= 0.3 is 0 Å². The number of rotatable bonds is 9. The fraction of sp³-hybridized carbons (Fsp3) is 0.571. The molecule has 0 aliphatic carbocycles. The van der Waals surface area contributed by atoms with Gasteiger partial charge in [0.2, 0.25) is 5.82 Å². The highest BCUT2D eigenvalue weighted by Crippen LogP contribution is 2.17. The molecule has 4 aromatic rings. The van der Waals surface area contributed by atoms with Crippen LogP contribution in [0.25, 0.3) is 11.5 Å². The maximum absolute atomic E-state index is 5.60. The number of nitrogens with zero attached hydrogens (tertiary/aromatic N) is 10. The van der Waals surface area contributed by atoms with E-state index >= 15 is 0 Å². The molecule has 17 heteroatoms. The quantitative estimate of drug-likeness (QED) is 0.171. The Balaban J connectivity index is 0.000000570. The number of ether oxygens (including phenoxy) is 3. The van der Waals surface area contributed by atoms with E-state index in [-0.39, 0.29) is 6.04 Å². The van der Waals surface area contributed by atoms with Gasteiger partial charge in [-0.3, -0.25) is 0 Å². The van der Waals surface area contributed by atoms with Gasteiger partial charge in [-0.15, -0.1) is 10.2 Å². The Hall–Kier alpha value is -3.83. The van der Waals surface area contributed by atoms with E-state index in [1.165, 1.54) is 0 Å². The summed E-state index contributed by atoms with van der Waals surface area (Å²) in [5.74, 6) is 1.56. The van der Waals surface area contributed by atoms with E-state index in [1.54, 1.807) is 40.0 Å². The van der Waals surface area contributed by atoms with Gasteiger partial charge < -0.3 is 31.4 Å². The summed E-state index contributed by atoms with van der Waals surface area (Å²) in [4.78, 5) is 7.89. The molecule has 0 unspecified atom stereocenters. The van der Waals surface area contributed by atoms with Gasteiger partial charge in [0.05, 0.1) is 6.04 Å². The van der Waals surface area contributed by atoms with Crippen LogP contribution in [0.5, 0.6) is 0 Å². The maximum Gasteiger partial charge on any atom is 0.271 e. The van der Waals surface area contributed by atoms with Crippen LogP contribution in [0.4, 0.5) is 11.6 Å². The van der Waals surface area contributed by atoms with E-state index in [4.69, 9.17) is 43.0 Å². The molecule has 0 aliphatic heterocycles. The fourth-order valence-electron chi connectivity index (χ4n) is 2.67. The lowest BCUT2D eigenvalue weighted by molar-refractivity contribution is -0.282. The third-order valence-corrected chi connectivity index (χ3v) is 4.73. The summed E-state index contributed by atoms with van der Waals surface area (Å²) < 4.78 is 18.6. The Labute approximate surface area is 271 Å². The lowest BCUT2D eigenvalue weighted by atomic mass is 10.3. The zero-order valence-corrected chi connectivity index (χ0v) is 28.5. The Bertz CT molecular complexity index is 1220. The van der Waals surface area contributed by atoms with E-state index in [2.05, 4.69) is 41.0 Å². The molecule has 45 heavy (non-hydrogen) atoms.